The Bertz CT molecular complexity index is 498. The van der Waals surface area contributed by atoms with Gasteiger partial charge in [-0.05, 0) is 19.3 Å². The SMILES string of the molecule is CCCCn1ncc(NCCOC2CCCC2)c(Cl)c1=O. The molecule has 1 fully saturated rings. The van der Waals surface area contributed by atoms with E-state index in [0.29, 0.717) is 31.5 Å². The predicted molar refractivity (Wildman–Crippen MR) is 85.1 cm³/mol. The van der Waals surface area contributed by atoms with Gasteiger partial charge in [0.05, 0.1) is 24.6 Å². The highest BCUT2D eigenvalue weighted by Gasteiger charge is 2.15. The van der Waals surface area contributed by atoms with Crippen molar-refractivity contribution in [3.63, 3.8) is 0 Å². The summed E-state index contributed by atoms with van der Waals surface area (Å²) in [6.45, 7) is 3.95. The molecule has 0 aliphatic heterocycles. The van der Waals surface area contributed by atoms with Gasteiger partial charge < -0.3 is 10.1 Å². The molecule has 0 saturated heterocycles. The van der Waals surface area contributed by atoms with Gasteiger partial charge in [-0.2, -0.15) is 5.10 Å². The number of aryl methyl sites for hydroxylation is 1. The first-order chi connectivity index (χ1) is 10.2. The fourth-order valence-electron chi connectivity index (χ4n) is 2.52. The maximum absolute atomic E-state index is 12.0. The summed E-state index contributed by atoms with van der Waals surface area (Å²) in [4.78, 5) is 12.0. The van der Waals surface area contributed by atoms with Crippen molar-refractivity contribution in [2.45, 2.75) is 58.1 Å². The van der Waals surface area contributed by atoms with E-state index < -0.39 is 0 Å². The molecule has 0 unspecified atom stereocenters. The minimum Gasteiger partial charge on any atom is -0.380 e. The number of anilines is 1. The highest BCUT2D eigenvalue weighted by atomic mass is 35.5. The van der Waals surface area contributed by atoms with Gasteiger partial charge in [0.25, 0.3) is 5.56 Å². The summed E-state index contributed by atoms with van der Waals surface area (Å²) in [5, 5.41) is 7.49. The second-order valence-electron chi connectivity index (χ2n) is 5.46. The van der Waals surface area contributed by atoms with Crippen molar-refractivity contribution in [2.75, 3.05) is 18.5 Å². The molecule has 1 N–H and O–H groups in total. The van der Waals surface area contributed by atoms with Gasteiger partial charge in [0, 0.05) is 13.1 Å². The van der Waals surface area contributed by atoms with E-state index in [4.69, 9.17) is 16.3 Å². The van der Waals surface area contributed by atoms with Crippen molar-refractivity contribution in [2.24, 2.45) is 0 Å². The molecule has 0 aromatic carbocycles. The first kappa shape index (κ1) is 16.3. The molecule has 118 valence electrons. The Morgan fingerprint density at radius 2 is 2.24 bits per heavy atom. The quantitative estimate of drug-likeness (QED) is 0.749. The molecule has 1 saturated carbocycles. The minimum atomic E-state index is -0.230. The molecule has 0 radical (unpaired) electrons. The maximum atomic E-state index is 12.0. The maximum Gasteiger partial charge on any atom is 0.287 e. The van der Waals surface area contributed by atoms with Crippen LogP contribution in [0, 0.1) is 0 Å². The molecule has 1 aliphatic carbocycles. The lowest BCUT2D eigenvalue weighted by molar-refractivity contribution is 0.0659. The molecule has 0 amide bonds. The van der Waals surface area contributed by atoms with Crippen molar-refractivity contribution >= 4 is 17.3 Å². The van der Waals surface area contributed by atoms with Crippen molar-refractivity contribution in [3.05, 3.63) is 21.6 Å². The van der Waals surface area contributed by atoms with Crippen molar-refractivity contribution in [3.8, 4) is 0 Å². The summed E-state index contributed by atoms with van der Waals surface area (Å²) in [5.74, 6) is 0. The molecular weight excluding hydrogens is 290 g/mol. The zero-order valence-electron chi connectivity index (χ0n) is 12.6. The van der Waals surface area contributed by atoms with Crippen LogP contribution in [-0.2, 0) is 11.3 Å². The number of unbranched alkanes of at least 4 members (excludes halogenated alkanes) is 1. The number of hydrogen-bond donors (Lipinski definition) is 1. The van der Waals surface area contributed by atoms with Crippen molar-refractivity contribution in [1.82, 2.24) is 9.78 Å². The smallest absolute Gasteiger partial charge is 0.287 e. The summed E-state index contributed by atoms with van der Waals surface area (Å²) < 4.78 is 7.18. The molecule has 5 nitrogen and oxygen atoms in total. The van der Waals surface area contributed by atoms with Crippen LogP contribution in [-0.4, -0.2) is 29.0 Å². The number of nitrogens with one attached hydrogen (secondary N) is 1. The van der Waals surface area contributed by atoms with Crippen LogP contribution in [0.1, 0.15) is 45.4 Å². The third-order valence-electron chi connectivity index (χ3n) is 3.78. The Morgan fingerprint density at radius 1 is 1.48 bits per heavy atom. The Balaban J connectivity index is 1.82. The van der Waals surface area contributed by atoms with Crippen LogP contribution in [0.3, 0.4) is 0 Å². The molecule has 6 heteroatoms. The third kappa shape index (κ3) is 4.71. The number of halogens is 1. The lowest BCUT2D eigenvalue weighted by Gasteiger charge is -2.13. The normalized spacial score (nSPS) is 15.5. The number of rotatable bonds is 8. The van der Waals surface area contributed by atoms with Crippen LogP contribution < -0.4 is 10.9 Å². The highest BCUT2D eigenvalue weighted by Crippen LogP contribution is 2.21. The van der Waals surface area contributed by atoms with Gasteiger partial charge in [-0.1, -0.05) is 37.8 Å². The monoisotopic (exact) mass is 313 g/mol. The summed E-state index contributed by atoms with van der Waals surface area (Å²) in [7, 11) is 0. The largest absolute Gasteiger partial charge is 0.380 e. The molecule has 21 heavy (non-hydrogen) atoms. The van der Waals surface area contributed by atoms with Crippen LogP contribution in [0.4, 0.5) is 5.69 Å². The van der Waals surface area contributed by atoms with Gasteiger partial charge in [-0.3, -0.25) is 4.79 Å². The zero-order chi connectivity index (χ0) is 15.1. The highest BCUT2D eigenvalue weighted by molar-refractivity contribution is 6.32. The standard InChI is InChI=1S/C15H24ClN3O2/c1-2-3-9-19-15(20)14(16)13(11-18-19)17-8-10-21-12-6-4-5-7-12/h11-12,17H,2-10H2,1H3. The Hall–Kier alpha value is -1.07. The second-order valence-corrected chi connectivity index (χ2v) is 5.84. The van der Waals surface area contributed by atoms with Gasteiger partial charge >= 0.3 is 0 Å². The van der Waals surface area contributed by atoms with Gasteiger partial charge in [-0.25, -0.2) is 4.68 Å². The predicted octanol–water partition coefficient (Wildman–Crippen LogP) is 3.07. The number of ether oxygens (including phenoxy) is 1. The van der Waals surface area contributed by atoms with E-state index in [0.717, 1.165) is 25.7 Å². The molecule has 1 heterocycles. The minimum absolute atomic E-state index is 0.210. The summed E-state index contributed by atoms with van der Waals surface area (Å²) >= 11 is 6.11. The van der Waals surface area contributed by atoms with E-state index >= 15 is 0 Å². The average Bonchev–Trinajstić information content (AvgIpc) is 3.00. The van der Waals surface area contributed by atoms with E-state index in [-0.39, 0.29) is 10.6 Å². The lowest BCUT2D eigenvalue weighted by Crippen LogP contribution is -2.25. The fourth-order valence-corrected chi connectivity index (χ4v) is 2.73. The van der Waals surface area contributed by atoms with E-state index in [1.165, 1.54) is 17.5 Å². The van der Waals surface area contributed by atoms with E-state index in [2.05, 4.69) is 17.3 Å². The van der Waals surface area contributed by atoms with E-state index in [9.17, 15) is 4.79 Å². The average molecular weight is 314 g/mol. The second kappa shape index (κ2) is 8.39. The van der Waals surface area contributed by atoms with Crippen LogP contribution >= 0.6 is 11.6 Å². The van der Waals surface area contributed by atoms with Crippen LogP contribution in [0.25, 0.3) is 0 Å². The zero-order valence-corrected chi connectivity index (χ0v) is 13.4. The first-order valence-electron chi connectivity index (χ1n) is 7.83. The first-order valence-corrected chi connectivity index (χ1v) is 8.21. The Morgan fingerprint density at radius 3 is 2.95 bits per heavy atom. The molecule has 1 aliphatic rings. The Labute approximate surface area is 130 Å². The summed E-state index contributed by atoms with van der Waals surface area (Å²) in [6.07, 6.45) is 8.83. The lowest BCUT2D eigenvalue weighted by atomic mass is 10.3. The van der Waals surface area contributed by atoms with Crippen molar-refractivity contribution in [1.29, 1.82) is 0 Å². The third-order valence-corrected chi connectivity index (χ3v) is 4.15. The van der Waals surface area contributed by atoms with Gasteiger partial charge in [0.15, 0.2) is 0 Å². The van der Waals surface area contributed by atoms with E-state index in [1.807, 2.05) is 0 Å². The van der Waals surface area contributed by atoms with Gasteiger partial charge in [-0.15, -0.1) is 0 Å². The molecule has 1 aromatic heterocycles. The number of hydrogen-bond acceptors (Lipinski definition) is 4. The van der Waals surface area contributed by atoms with Crippen LogP contribution in [0.5, 0.6) is 0 Å². The van der Waals surface area contributed by atoms with Crippen molar-refractivity contribution < 1.29 is 4.74 Å². The summed E-state index contributed by atoms with van der Waals surface area (Å²) in [5.41, 5.74) is 0.358. The molecule has 0 atom stereocenters. The molecule has 2 rings (SSSR count). The van der Waals surface area contributed by atoms with E-state index in [1.54, 1.807) is 6.20 Å². The van der Waals surface area contributed by atoms with Gasteiger partial charge in [0.1, 0.15) is 5.02 Å². The number of aromatic nitrogens is 2. The van der Waals surface area contributed by atoms with Crippen LogP contribution in [0.2, 0.25) is 5.02 Å². The Kier molecular flexibility index (Phi) is 6.51. The summed E-state index contributed by atoms with van der Waals surface area (Å²) in [6, 6.07) is 0. The number of nitrogens with zero attached hydrogens (tertiary/aromatic N) is 2. The fraction of sp³-hybridized carbons (Fsp3) is 0.733. The molecule has 0 bridgehead atoms. The van der Waals surface area contributed by atoms with Gasteiger partial charge in [0.2, 0.25) is 0 Å². The molecular formula is C15H24ClN3O2. The molecule has 0 spiro atoms. The topological polar surface area (TPSA) is 56.1 Å². The molecule has 1 aromatic rings. The van der Waals surface area contributed by atoms with Crippen LogP contribution in [0.15, 0.2) is 11.0 Å².